The summed E-state index contributed by atoms with van der Waals surface area (Å²) in [6.07, 6.45) is 0.734. The lowest BCUT2D eigenvalue weighted by Crippen LogP contribution is -2.12. The molecule has 0 spiro atoms. The Hall–Kier alpha value is -3.52. The summed E-state index contributed by atoms with van der Waals surface area (Å²) in [5.74, 6) is -0.324. The molecule has 0 fully saturated rings. The molecule has 4 N–H and O–H groups in total. The average Bonchev–Trinajstić information content (AvgIpc) is 3.13. The van der Waals surface area contributed by atoms with Gasteiger partial charge in [0, 0.05) is 23.4 Å². The minimum atomic E-state index is -0.466. The van der Waals surface area contributed by atoms with Crippen LogP contribution in [-0.2, 0) is 6.42 Å². The fourth-order valence-electron chi connectivity index (χ4n) is 2.51. The Morgan fingerprint density at radius 2 is 1.96 bits per heavy atom. The van der Waals surface area contributed by atoms with E-state index >= 15 is 0 Å². The normalized spacial score (nSPS) is 10.5. The second kappa shape index (κ2) is 7.58. The lowest BCUT2D eigenvalue weighted by molar-refractivity contribution is -0.384. The van der Waals surface area contributed by atoms with Crippen molar-refractivity contribution >= 4 is 17.3 Å². The van der Waals surface area contributed by atoms with Crippen molar-refractivity contribution in [2.24, 2.45) is 5.73 Å². The van der Waals surface area contributed by atoms with Gasteiger partial charge in [0.25, 0.3) is 11.6 Å². The lowest BCUT2D eigenvalue weighted by Gasteiger charge is -2.05. The number of nitro groups is 1. The second-order valence-electron chi connectivity index (χ2n) is 5.66. The van der Waals surface area contributed by atoms with Crippen LogP contribution in [0.4, 0.5) is 11.4 Å². The van der Waals surface area contributed by atoms with Gasteiger partial charge in [-0.3, -0.25) is 20.0 Å². The molecule has 0 saturated carbocycles. The highest BCUT2D eigenvalue weighted by Crippen LogP contribution is 2.21. The maximum Gasteiger partial charge on any atom is 0.273 e. The summed E-state index contributed by atoms with van der Waals surface area (Å²) in [4.78, 5) is 22.6. The van der Waals surface area contributed by atoms with Crippen LogP contribution in [0.2, 0.25) is 0 Å². The zero-order chi connectivity index (χ0) is 18.5. The number of rotatable bonds is 6. The molecule has 0 radical (unpaired) electrons. The number of carbonyl (C=O) groups excluding carboxylic acids is 1. The van der Waals surface area contributed by atoms with Crippen molar-refractivity contribution in [3.05, 3.63) is 76.0 Å². The number of aromatic nitrogens is 2. The molecule has 3 aromatic rings. The number of H-pyrrole nitrogens is 1. The minimum absolute atomic E-state index is 0.000358. The number of nitrogens with zero attached hydrogens (tertiary/aromatic N) is 2. The van der Waals surface area contributed by atoms with Crippen LogP contribution in [0.3, 0.4) is 0 Å². The van der Waals surface area contributed by atoms with Gasteiger partial charge >= 0.3 is 0 Å². The number of aromatic amines is 1. The van der Waals surface area contributed by atoms with Crippen LogP contribution in [0.15, 0.2) is 54.6 Å². The zero-order valence-electron chi connectivity index (χ0n) is 13.8. The highest BCUT2D eigenvalue weighted by molar-refractivity contribution is 6.03. The summed E-state index contributed by atoms with van der Waals surface area (Å²) in [6.45, 7) is 0.538. The van der Waals surface area contributed by atoms with Gasteiger partial charge in [-0.05, 0) is 48.9 Å². The molecule has 1 aromatic heterocycles. The summed E-state index contributed by atoms with van der Waals surface area (Å²) in [7, 11) is 0. The van der Waals surface area contributed by atoms with Crippen molar-refractivity contribution in [2.45, 2.75) is 6.42 Å². The van der Waals surface area contributed by atoms with E-state index in [0.29, 0.717) is 29.2 Å². The highest BCUT2D eigenvalue weighted by Gasteiger charge is 2.13. The number of nitrogens with two attached hydrogens (primary N) is 1. The Kier molecular flexibility index (Phi) is 5.04. The van der Waals surface area contributed by atoms with Gasteiger partial charge in [-0.25, -0.2) is 0 Å². The Morgan fingerprint density at radius 1 is 1.19 bits per heavy atom. The predicted octanol–water partition coefficient (Wildman–Crippen LogP) is 2.74. The molecule has 132 valence electrons. The van der Waals surface area contributed by atoms with Gasteiger partial charge in [-0.1, -0.05) is 12.1 Å². The van der Waals surface area contributed by atoms with Crippen LogP contribution < -0.4 is 11.1 Å². The molecule has 8 nitrogen and oxygen atoms in total. The van der Waals surface area contributed by atoms with Crippen LogP contribution in [-0.4, -0.2) is 27.6 Å². The largest absolute Gasteiger partial charge is 0.330 e. The van der Waals surface area contributed by atoms with Crippen molar-refractivity contribution in [2.75, 3.05) is 11.9 Å². The molecule has 0 saturated heterocycles. The minimum Gasteiger partial charge on any atom is -0.330 e. The first-order chi connectivity index (χ1) is 12.6. The van der Waals surface area contributed by atoms with Crippen molar-refractivity contribution < 1.29 is 9.72 Å². The van der Waals surface area contributed by atoms with Gasteiger partial charge in [-0.2, -0.15) is 5.10 Å². The number of carbonyl (C=O) groups is 1. The van der Waals surface area contributed by atoms with E-state index in [1.807, 2.05) is 18.2 Å². The van der Waals surface area contributed by atoms with E-state index in [0.717, 1.165) is 12.0 Å². The molecule has 0 bridgehead atoms. The van der Waals surface area contributed by atoms with Crippen LogP contribution >= 0.6 is 0 Å². The topological polar surface area (TPSA) is 127 Å². The number of benzene rings is 2. The van der Waals surface area contributed by atoms with Crippen LogP contribution in [0.1, 0.15) is 16.1 Å². The molecule has 0 unspecified atom stereocenters. The Bertz CT molecular complexity index is 934. The molecule has 0 aliphatic heterocycles. The van der Waals surface area contributed by atoms with E-state index in [4.69, 9.17) is 5.73 Å². The first-order valence-electron chi connectivity index (χ1n) is 7.97. The monoisotopic (exact) mass is 351 g/mol. The molecular formula is C18H17N5O3. The fourth-order valence-corrected chi connectivity index (χ4v) is 2.51. The molecule has 3 rings (SSSR count). The Labute approximate surface area is 149 Å². The molecule has 26 heavy (non-hydrogen) atoms. The van der Waals surface area contributed by atoms with Crippen LogP contribution in [0.5, 0.6) is 0 Å². The third-order valence-electron chi connectivity index (χ3n) is 3.81. The molecule has 1 heterocycles. The van der Waals surface area contributed by atoms with Gasteiger partial charge in [0.2, 0.25) is 0 Å². The smallest absolute Gasteiger partial charge is 0.273 e. The van der Waals surface area contributed by atoms with Crippen molar-refractivity contribution in [3.63, 3.8) is 0 Å². The van der Waals surface area contributed by atoms with Gasteiger partial charge < -0.3 is 11.1 Å². The number of non-ortho nitro benzene ring substituents is 1. The first-order valence-corrected chi connectivity index (χ1v) is 7.97. The zero-order valence-corrected chi connectivity index (χ0v) is 13.8. The number of amides is 1. The van der Waals surface area contributed by atoms with E-state index in [1.165, 1.54) is 12.1 Å². The maximum atomic E-state index is 12.4. The number of nitrogens with one attached hydrogen (secondary N) is 2. The molecule has 8 heteroatoms. The quantitative estimate of drug-likeness (QED) is 0.465. The van der Waals surface area contributed by atoms with E-state index < -0.39 is 4.92 Å². The Balaban J connectivity index is 1.73. The van der Waals surface area contributed by atoms with Gasteiger partial charge in [0.05, 0.1) is 10.6 Å². The highest BCUT2D eigenvalue weighted by atomic mass is 16.6. The maximum absolute atomic E-state index is 12.4. The van der Waals surface area contributed by atoms with E-state index in [9.17, 15) is 14.9 Å². The third-order valence-corrected chi connectivity index (χ3v) is 3.81. The average molecular weight is 351 g/mol. The number of hydrogen-bond acceptors (Lipinski definition) is 5. The van der Waals surface area contributed by atoms with Crippen LogP contribution in [0.25, 0.3) is 11.3 Å². The summed E-state index contributed by atoms with van der Waals surface area (Å²) < 4.78 is 0. The van der Waals surface area contributed by atoms with Gasteiger partial charge in [0.1, 0.15) is 5.69 Å². The van der Waals surface area contributed by atoms with E-state index in [2.05, 4.69) is 15.5 Å². The standard InChI is InChI=1S/C18H17N5O3/c19-9-8-12-2-1-3-14(10-12)20-18(24)17-11-16(21-22-17)13-4-6-15(7-5-13)23(25)26/h1-7,10-11H,8-9,19H2,(H,20,24)(H,21,22). The summed E-state index contributed by atoms with van der Waals surface area (Å²) in [5, 5.41) is 20.3. The Morgan fingerprint density at radius 3 is 2.65 bits per heavy atom. The third kappa shape index (κ3) is 3.93. The van der Waals surface area contributed by atoms with Gasteiger partial charge in [-0.15, -0.1) is 0 Å². The molecule has 0 aliphatic rings. The van der Waals surface area contributed by atoms with Crippen molar-refractivity contribution in [3.8, 4) is 11.3 Å². The molecule has 1 amide bonds. The van der Waals surface area contributed by atoms with Gasteiger partial charge in [0.15, 0.2) is 0 Å². The number of hydrogen-bond donors (Lipinski definition) is 3. The molecule has 2 aromatic carbocycles. The molecule has 0 atom stereocenters. The SMILES string of the molecule is NCCc1cccc(NC(=O)c2cc(-c3ccc([N+](=O)[O-])cc3)n[nH]2)c1. The number of nitro benzene ring substituents is 1. The second-order valence-corrected chi connectivity index (χ2v) is 5.66. The fraction of sp³-hybridized carbons (Fsp3) is 0.111. The summed E-state index contributed by atoms with van der Waals surface area (Å²) >= 11 is 0. The first kappa shape index (κ1) is 17.3. The van der Waals surface area contributed by atoms with Crippen LogP contribution in [0, 0.1) is 10.1 Å². The van der Waals surface area contributed by atoms with E-state index in [1.54, 1.807) is 24.3 Å². The summed E-state index contributed by atoms with van der Waals surface area (Å²) in [6, 6.07) is 15.0. The lowest BCUT2D eigenvalue weighted by atomic mass is 10.1. The number of anilines is 1. The molecular weight excluding hydrogens is 334 g/mol. The molecule has 0 aliphatic carbocycles. The summed E-state index contributed by atoms with van der Waals surface area (Å²) in [5.41, 5.74) is 8.77. The van der Waals surface area contributed by atoms with E-state index in [-0.39, 0.29) is 11.6 Å². The van der Waals surface area contributed by atoms with Crippen molar-refractivity contribution in [1.82, 2.24) is 10.2 Å². The predicted molar refractivity (Wildman–Crippen MR) is 97.8 cm³/mol. The van der Waals surface area contributed by atoms with Crippen molar-refractivity contribution in [1.29, 1.82) is 0 Å².